The summed E-state index contributed by atoms with van der Waals surface area (Å²) in [4.78, 5) is 0. The molecule has 1 aliphatic rings. The fraction of sp³-hybridized carbons (Fsp3) is 0.263. The maximum absolute atomic E-state index is 11.2. The molecule has 0 fully saturated rings. The van der Waals surface area contributed by atoms with Gasteiger partial charge in [-0.3, -0.25) is 0 Å². The minimum Gasteiger partial charge on any atom is -0.494 e. The number of halogens is 1. The highest BCUT2D eigenvalue weighted by atomic mass is 35.7. The van der Waals surface area contributed by atoms with Gasteiger partial charge in [-0.15, -0.1) is 0 Å². The highest BCUT2D eigenvalue weighted by Crippen LogP contribution is 2.42. The summed E-state index contributed by atoms with van der Waals surface area (Å²) in [6, 6.07) is 10.2. The van der Waals surface area contributed by atoms with Crippen molar-refractivity contribution in [2.75, 3.05) is 20.8 Å². The lowest BCUT2D eigenvalue weighted by Gasteiger charge is -2.26. The first-order chi connectivity index (χ1) is 13.3. The second kappa shape index (κ2) is 8.26. The summed E-state index contributed by atoms with van der Waals surface area (Å²) in [7, 11) is -1.80. The number of rotatable bonds is 7. The molecular weight excluding hydrogens is 392 g/mol. The lowest BCUT2D eigenvalue weighted by Crippen LogP contribution is -2.61. The number of hydrogen-bond donors (Lipinski definition) is 0. The second-order valence-electron chi connectivity index (χ2n) is 5.72. The van der Waals surface area contributed by atoms with E-state index >= 15 is 0 Å². The van der Waals surface area contributed by atoms with E-state index in [1.807, 2.05) is 6.92 Å². The molecule has 1 unspecified atom stereocenters. The molecule has 9 heteroatoms. The Labute approximate surface area is 164 Å². The summed E-state index contributed by atoms with van der Waals surface area (Å²) in [6.45, 7) is 2.41. The number of methoxy groups -OCH3 is 2. The third-order valence-electron chi connectivity index (χ3n) is 4.00. The number of fused-ring (bicyclic) bond motifs is 1. The van der Waals surface area contributed by atoms with E-state index in [0.29, 0.717) is 46.3 Å². The van der Waals surface area contributed by atoms with Gasteiger partial charge in [-0.25, -0.2) is 0 Å². The molecule has 0 saturated heterocycles. The van der Waals surface area contributed by atoms with Crippen molar-refractivity contribution < 1.29 is 47.5 Å². The van der Waals surface area contributed by atoms with Crippen molar-refractivity contribution in [2.45, 2.75) is 13.2 Å². The predicted octanol–water partition coefficient (Wildman–Crippen LogP) is 0.543. The lowest BCUT2D eigenvalue weighted by molar-refractivity contribution is -1.92. The molecule has 3 rings (SSSR count). The Morgan fingerprint density at radius 3 is 2.21 bits per heavy atom. The summed E-state index contributed by atoms with van der Waals surface area (Å²) >= 11 is 0. The molecule has 28 heavy (non-hydrogen) atoms. The lowest BCUT2D eigenvalue weighted by atomic mass is 10.0. The van der Waals surface area contributed by atoms with Crippen LogP contribution >= 0.6 is 0 Å². The number of hydrogen-bond acceptors (Lipinski definition) is 8. The Balaban J connectivity index is 2.04. The number of ether oxygens (including phenoxy) is 4. The van der Waals surface area contributed by atoms with Crippen LogP contribution in [-0.2, 0) is 9.03 Å². The van der Waals surface area contributed by atoms with Gasteiger partial charge in [-0.05, 0) is 55.0 Å². The van der Waals surface area contributed by atoms with Gasteiger partial charge in [0.1, 0.15) is 15.8 Å². The topological polar surface area (TPSA) is 115 Å². The van der Waals surface area contributed by atoms with Crippen molar-refractivity contribution in [3.05, 3.63) is 53.1 Å². The summed E-state index contributed by atoms with van der Waals surface area (Å²) < 4.78 is 59.7. The van der Waals surface area contributed by atoms with Crippen LogP contribution in [0, 0.1) is 10.2 Å². The van der Waals surface area contributed by atoms with Crippen molar-refractivity contribution in [3.63, 3.8) is 0 Å². The van der Waals surface area contributed by atoms with E-state index in [4.69, 9.17) is 18.9 Å². The van der Waals surface area contributed by atoms with Crippen molar-refractivity contribution in [3.8, 4) is 17.2 Å². The largest absolute Gasteiger partial charge is 0.494 e. The molecule has 150 valence electrons. The van der Waals surface area contributed by atoms with Crippen LogP contribution in [0.15, 0.2) is 36.4 Å². The van der Waals surface area contributed by atoms with E-state index in [-0.39, 0.29) is 0 Å². The summed E-state index contributed by atoms with van der Waals surface area (Å²) in [6.07, 6.45) is 0.228. The Kier molecular flexibility index (Phi) is 5.97. The summed E-state index contributed by atoms with van der Waals surface area (Å²) in [5, 5.41) is 0. The summed E-state index contributed by atoms with van der Waals surface area (Å²) in [5.41, 5.74) is 1.54. The Morgan fingerprint density at radius 1 is 1.00 bits per heavy atom. The molecule has 0 bridgehead atoms. The van der Waals surface area contributed by atoms with Crippen LogP contribution in [-0.4, -0.2) is 20.8 Å². The van der Waals surface area contributed by atoms with Crippen LogP contribution in [0.2, 0.25) is 0 Å². The van der Waals surface area contributed by atoms with E-state index in [1.54, 1.807) is 36.4 Å². The van der Waals surface area contributed by atoms with Crippen molar-refractivity contribution in [1.29, 1.82) is 0 Å². The standard InChI is InChI=1S/C19H19ClO8/c1-4-26-14-7-5-12(6-8-14)16-9-13-10-17(24-2)18(25-3)11-15(13)19(27-16)28-20(21,22)23/h5-11,19H,4H2,1-3H3. The normalized spacial score (nSPS) is 15.9. The zero-order valence-electron chi connectivity index (χ0n) is 15.5. The van der Waals surface area contributed by atoms with E-state index < -0.39 is 16.5 Å². The Bertz CT molecular complexity index is 857. The number of benzene rings is 2. The van der Waals surface area contributed by atoms with Crippen molar-refractivity contribution in [1.82, 2.24) is 0 Å². The van der Waals surface area contributed by atoms with E-state index in [1.165, 1.54) is 20.3 Å². The molecule has 0 amide bonds. The molecule has 0 aliphatic carbocycles. The zero-order chi connectivity index (χ0) is 20.3. The van der Waals surface area contributed by atoms with Gasteiger partial charge in [-0.1, -0.05) is 0 Å². The fourth-order valence-corrected chi connectivity index (χ4v) is 3.12. The third kappa shape index (κ3) is 4.49. The maximum Gasteiger partial charge on any atom is 0.379 e. The molecule has 0 aromatic heterocycles. The van der Waals surface area contributed by atoms with Gasteiger partial charge in [0.05, 0.1) is 31.1 Å². The predicted molar refractivity (Wildman–Crippen MR) is 89.9 cm³/mol. The molecule has 0 spiro atoms. The molecule has 1 heterocycles. The molecular formula is C19H19ClO8. The molecule has 2 aromatic rings. The van der Waals surface area contributed by atoms with E-state index in [0.717, 1.165) is 0 Å². The minimum atomic E-state index is -4.72. The molecule has 1 atom stereocenters. The monoisotopic (exact) mass is 410 g/mol. The highest BCUT2D eigenvalue weighted by Gasteiger charge is 2.38. The minimum absolute atomic E-state index is 0.319. The Morgan fingerprint density at radius 2 is 1.64 bits per heavy atom. The van der Waals surface area contributed by atoms with Gasteiger partial charge >= 0.3 is 6.29 Å². The van der Waals surface area contributed by atoms with E-state index in [2.05, 4.69) is 4.29 Å². The van der Waals surface area contributed by atoms with Crippen LogP contribution in [0.25, 0.3) is 11.8 Å². The van der Waals surface area contributed by atoms with Crippen LogP contribution in [0.3, 0.4) is 0 Å². The van der Waals surface area contributed by atoms with Crippen LogP contribution in [0.4, 0.5) is 0 Å². The van der Waals surface area contributed by atoms with Gasteiger partial charge in [0.2, 0.25) is 0 Å². The molecule has 2 aromatic carbocycles. The zero-order valence-corrected chi connectivity index (χ0v) is 16.2. The van der Waals surface area contributed by atoms with Gasteiger partial charge in [-0.2, -0.15) is 14.0 Å². The van der Waals surface area contributed by atoms with Crippen molar-refractivity contribution >= 4 is 11.8 Å². The first-order valence-electron chi connectivity index (χ1n) is 8.31. The first-order valence-corrected chi connectivity index (χ1v) is 9.54. The average Bonchev–Trinajstić information content (AvgIpc) is 2.66. The SMILES string of the molecule is CCOc1ccc(C2=Cc3cc(OC)c(OC)cc3C(O[Cl+3]([O-])([O-])[O-])O2)cc1. The molecule has 8 nitrogen and oxygen atoms in total. The van der Waals surface area contributed by atoms with Gasteiger partial charge < -0.3 is 18.9 Å². The fourth-order valence-electron chi connectivity index (χ4n) is 2.79. The molecule has 0 saturated carbocycles. The van der Waals surface area contributed by atoms with Crippen LogP contribution in [0.1, 0.15) is 29.9 Å². The Hall–Kier alpha value is -2.49. The highest BCUT2D eigenvalue weighted by molar-refractivity contribution is 5.81. The smallest absolute Gasteiger partial charge is 0.379 e. The maximum atomic E-state index is 11.2. The van der Waals surface area contributed by atoms with Crippen LogP contribution in [0.5, 0.6) is 17.2 Å². The second-order valence-corrected chi connectivity index (χ2v) is 6.65. The van der Waals surface area contributed by atoms with Crippen molar-refractivity contribution in [2.24, 2.45) is 0 Å². The molecule has 0 N–H and O–H groups in total. The first kappa shape index (κ1) is 20.2. The third-order valence-corrected chi connectivity index (χ3v) is 4.38. The van der Waals surface area contributed by atoms with E-state index in [9.17, 15) is 14.0 Å². The van der Waals surface area contributed by atoms with Gasteiger partial charge in [0, 0.05) is 11.1 Å². The quantitative estimate of drug-likeness (QED) is 0.649. The molecule has 0 radical (unpaired) electrons. The molecule has 1 aliphatic heterocycles. The van der Waals surface area contributed by atoms with Gasteiger partial charge in [0.25, 0.3) is 0 Å². The van der Waals surface area contributed by atoms with Gasteiger partial charge in [0.15, 0.2) is 11.5 Å². The van der Waals surface area contributed by atoms with Crippen LogP contribution < -0.4 is 28.2 Å². The summed E-state index contributed by atoms with van der Waals surface area (Å²) in [5.74, 6) is 1.79. The average molecular weight is 411 g/mol.